The van der Waals surface area contributed by atoms with Crippen LogP contribution in [0.2, 0.25) is 0 Å². The molecule has 1 N–H and O–H groups in total. The molecule has 1 radical (unpaired) electrons. The molecular weight excluding hydrogens is 587 g/mol. The molecule has 177 valence electrons. The third-order valence-electron chi connectivity index (χ3n) is 8.67. The molecular formula is C28H53NNp-2. The van der Waals surface area contributed by atoms with Crippen molar-refractivity contribution in [2.24, 2.45) is 11.8 Å². The van der Waals surface area contributed by atoms with Crippen molar-refractivity contribution in [3.05, 3.63) is 12.3 Å². The van der Waals surface area contributed by atoms with Gasteiger partial charge < -0.3 is 17.7 Å². The minimum Gasteiger partial charge on any atom is -0.328 e. The molecule has 30 heavy (non-hydrogen) atoms. The van der Waals surface area contributed by atoms with Crippen LogP contribution in [0.3, 0.4) is 0 Å². The van der Waals surface area contributed by atoms with Crippen molar-refractivity contribution in [2.45, 2.75) is 155 Å². The summed E-state index contributed by atoms with van der Waals surface area (Å²) in [5.74, 6) is 3.68. The van der Waals surface area contributed by atoms with Crippen molar-refractivity contribution >= 4 is 0 Å². The van der Waals surface area contributed by atoms with Gasteiger partial charge in [0.1, 0.15) is 0 Å². The van der Waals surface area contributed by atoms with E-state index in [0.29, 0.717) is 5.54 Å². The first-order chi connectivity index (χ1) is 14.2. The Morgan fingerprint density at radius 2 is 1.27 bits per heavy atom. The van der Waals surface area contributed by atoms with E-state index < -0.39 is 0 Å². The molecule has 0 spiro atoms. The second kappa shape index (κ2) is 16.6. The predicted octanol–water partition coefficient (Wildman–Crippen LogP) is 8.82. The SMILES string of the molecule is CC[C-](CC)C1CCC(NC(CC)(CC)C2CCCCC2)CC1.[CH-]1CCCCC1.[Np]. The molecule has 0 saturated heterocycles. The molecule has 0 aromatic carbocycles. The molecule has 0 atom stereocenters. The number of rotatable bonds is 8. The quantitative estimate of drug-likeness (QED) is 0.262. The zero-order chi connectivity index (χ0) is 21.0. The standard InChI is InChI=1S/C22H42N.C6H11.Np/c1-5-18(6-2)19-14-16-21(17-15-19)23-22(7-3,8-4)20-12-10-9-11-13-20;1-2-4-6-5-3-1;/h19-21,23H,5-17H2,1-4H3;1H,2-6H2;/q2*-1;. The smallest absolute Gasteiger partial charge is 0.0207 e. The fourth-order valence-corrected chi connectivity index (χ4v) is 6.58. The third-order valence-corrected chi connectivity index (χ3v) is 8.67. The van der Waals surface area contributed by atoms with Gasteiger partial charge in [-0.05, 0) is 44.4 Å². The molecule has 0 aromatic rings. The minimum absolute atomic E-state index is 0. The molecule has 3 aliphatic rings. The average molecular weight is 641 g/mol. The van der Waals surface area contributed by atoms with Gasteiger partial charge in [0.2, 0.25) is 0 Å². The molecule has 0 aliphatic heterocycles. The van der Waals surface area contributed by atoms with Crippen molar-refractivity contribution in [3.63, 3.8) is 0 Å². The second-order valence-electron chi connectivity index (χ2n) is 10.2. The maximum atomic E-state index is 4.22. The normalized spacial score (nSPS) is 25.9. The van der Waals surface area contributed by atoms with Crippen LogP contribution in [0.4, 0.5) is 0 Å². The van der Waals surface area contributed by atoms with Crippen molar-refractivity contribution in [1.82, 2.24) is 5.32 Å². The Kier molecular flexibility index (Phi) is 16.0. The average Bonchev–Trinajstić information content (AvgIpc) is 2.81. The van der Waals surface area contributed by atoms with E-state index in [1.54, 1.807) is 0 Å². The van der Waals surface area contributed by atoms with E-state index in [1.165, 1.54) is 116 Å². The van der Waals surface area contributed by atoms with Crippen LogP contribution in [-0.2, 0) is 0 Å². The largest absolute Gasteiger partial charge is 0.328 e. The van der Waals surface area contributed by atoms with Gasteiger partial charge in [0, 0.05) is 41.5 Å². The fraction of sp³-hybridized carbons (Fsp3) is 0.929. The summed E-state index contributed by atoms with van der Waals surface area (Å²) >= 11 is 0. The second-order valence-corrected chi connectivity index (χ2v) is 10.2. The van der Waals surface area contributed by atoms with Crippen LogP contribution in [-0.4, -0.2) is 11.6 Å². The van der Waals surface area contributed by atoms with Crippen LogP contribution < -0.4 is 5.32 Å². The van der Waals surface area contributed by atoms with Crippen LogP contribution in [0.15, 0.2) is 0 Å². The van der Waals surface area contributed by atoms with Crippen molar-refractivity contribution < 1.29 is 29.9 Å². The molecule has 1 nitrogen and oxygen atoms in total. The molecule has 0 bridgehead atoms. The molecule has 3 fully saturated rings. The summed E-state index contributed by atoms with van der Waals surface area (Å²) in [6, 6.07) is 0.781. The van der Waals surface area contributed by atoms with Gasteiger partial charge >= 0.3 is 0 Å². The summed E-state index contributed by atoms with van der Waals surface area (Å²) in [4.78, 5) is 0. The maximum absolute atomic E-state index is 4.22. The zero-order valence-corrected chi connectivity index (χ0v) is 24.7. The first-order valence-corrected chi connectivity index (χ1v) is 13.6. The van der Waals surface area contributed by atoms with Crippen LogP contribution in [0.5, 0.6) is 0 Å². The Morgan fingerprint density at radius 3 is 1.67 bits per heavy atom. The molecule has 0 aromatic heterocycles. The Labute approximate surface area is 213 Å². The van der Waals surface area contributed by atoms with Gasteiger partial charge in [-0.15, -0.1) is 0 Å². The molecule has 2 heteroatoms. The van der Waals surface area contributed by atoms with E-state index in [4.69, 9.17) is 0 Å². The van der Waals surface area contributed by atoms with Gasteiger partial charge in [-0.25, -0.2) is 0 Å². The van der Waals surface area contributed by atoms with Gasteiger partial charge in [0.15, 0.2) is 0 Å². The summed E-state index contributed by atoms with van der Waals surface area (Å²) in [6.07, 6.45) is 27.7. The molecule has 0 heterocycles. The number of nitrogens with one attached hydrogen (secondary N) is 1. The van der Waals surface area contributed by atoms with Crippen molar-refractivity contribution in [2.75, 3.05) is 0 Å². The van der Waals surface area contributed by atoms with E-state index in [9.17, 15) is 0 Å². The molecule has 0 amide bonds. The van der Waals surface area contributed by atoms with Crippen molar-refractivity contribution in [3.8, 4) is 0 Å². The monoisotopic (exact) mass is 639 g/mol. The van der Waals surface area contributed by atoms with Crippen LogP contribution >= 0.6 is 0 Å². The van der Waals surface area contributed by atoms with Crippen LogP contribution in [0, 0.1) is 54.1 Å². The summed E-state index contributed by atoms with van der Waals surface area (Å²) in [5, 5.41) is 4.22. The van der Waals surface area contributed by atoms with E-state index in [2.05, 4.69) is 39.4 Å². The number of hydrogen-bond donors (Lipinski definition) is 1. The van der Waals surface area contributed by atoms with Crippen LogP contribution in [0.25, 0.3) is 0 Å². The first kappa shape index (κ1) is 29.0. The van der Waals surface area contributed by atoms with E-state index in [-0.39, 0.29) is 29.9 Å². The maximum Gasteiger partial charge on any atom is 0.0207 e. The van der Waals surface area contributed by atoms with Crippen molar-refractivity contribution in [1.29, 1.82) is 0 Å². The minimum atomic E-state index is 0. The topological polar surface area (TPSA) is 12.0 Å². The fourth-order valence-electron chi connectivity index (χ4n) is 6.58. The summed E-state index contributed by atoms with van der Waals surface area (Å²) in [6.45, 7) is 9.56. The Hall–Kier alpha value is 0.973. The van der Waals surface area contributed by atoms with Gasteiger partial charge in [-0.2, -0.15) is 31.6 Å². The van der Waals surface area contributed by atoms with E-state index in [0.717, 1.165) is 17.9 Å². The molecule has 3 rings (SSSR count). The Morgan fingerprint density at radius 1 is 0.733 bits per heavy atom. The van der Waals surface area contributed by atoms with Gasteiger partial charge in [-0.3, -0.25) is 0 Å². The Bertz CT molecular complexity index is 372. The number of hydrogen-bond acceptors (Lipinski definition) is 1. The van der Waals surface area contributed by atoms with Crippen LogP contribution in [0.1, 0.15) is 143 Å². The third kappa shape index (κ3) is 9.08. The zero-order valence-electron chi connectivity index (χ0n) is 21.0. The van der Waals surface area contributed by atoms with Gasteiger partial charge in [0.05, 0.1) is 0 Å². The first-order valence-electron chi connectivity index (χ1n) is 13.6. The predicted molar refractivity (Wildman–Crippen MR) is 130 cm³/mol. The molecule has 0 unspecified atom stereocenters. The summed E-state index contributed by atoms with van der Waals surface area (Å²) in [5.41, 5.74) is 0.431. The van der Waals surface area contributed by atoms with Gasteiger partial charge in [-0.1, -0.05) is 79.1 Å². The molecule has 3 aliphatic carbocycles. The van der Waals surface area contributed by atoms with E-state index in [1.807, 2.05) is 5.92 Å². The summed E-state index contributed by atoms with van der Waals surface area (Å²) in [7, 11) is 0. The molecule has 3 saturated carbocycles. The van der Waals surface area contributed by atoms with Gasteiger partial charge in [0.25, 0.3) is 0 Å². The Balaban J connectivity index is 0.000000552. The summed E-state index contributed by atoms with van der Waals surface area (Å²) < 4.78 is 0. The van der Waals surface area contributed by atoms with E-state index >= 15 is 0 Å².